The maximum atomic E-state index is 14.2. The van der Waals surface area contributed by atoms with Crippen molar-refractivity contribution in [1.29, 1.82) is 0 Å². The molecular formula is C35H44O6. The van der Waals surface area contributed by atoms with E-state index in [1.54, 1.807) is 0 Å². The fourth-order valence-corrected chi connectivity index (χ4v) is 7.70. The fraction of sp³-hybridized carbons (Fsp3) is 0.514. The molecule has 0 aromatic heterocycles. The van der Waals surface area contributed by atoms with E-state index in [4.69, 9.17) is 14.2 Å². The van der Waals surface area contributed by atoms with Gasteiger partial charge in [0.1, 0.15) is 12.4 Å². The molecule has 3 aliphatic rings. The van der Waals surface area contributed by atoms with Crippen LogP contribution >= 0.6 is 0 Å². The SMILES string of the molecule is C=C1[C@@H](O)C[C@H](OCOCc2ccccc2)[C@@]2(C)CC(=O)C3=C(C)CC[C@@](O)([C@@H](OCc4ccccc4)[C@H]12)C3(C)C. The Labute approximate surface area is 244 Å². The van der Waals surface area contributed by atoms with Crippen LogP contribution in [0, 0.1) is 16.7 Å². The zero-order valence-corrected chi connectivity index (χ0v) is 24.8. The summed E-state index contributed by atoms with van der Waals surface area (Å²) in [5, 5.41) is 24.0. The minimum atomic E-state index is -1.37. The molecule has 220 valence electrons. The van der Waals surface area contributed by atoms with E-state index in [0.717, 1.165) is 16.7 Å². The summed E-state index contributed by atoms with van der Waals surface area (Å²) in [7, 11) is 0. The summed E-state index contributed by atoms with van der Waals surface area (Å²) >= 11 is 0. The highest BCUT2D eigenvalue weighted by molar-refractivity contribution is 5.98. The summed E-state index contributed by atoms with van der Waals surface area (Å²) in [4.78, 5) is 14.2. The number of carbonyl (C=O) groups excluding carboxylic acids is 1. The fourth-order valence-electron chi connectivity index (χ4n) is 7.70. The molecule has 2 N–H and O–H groups in total. The predicted octanol–water partition coefficient (Wildman–Crippen LogP) is 5.92. The summed E-state index contributed by atoms with van der Waals surface area (Å²) in [5.74, 6) is -0.509. The second kappa shape index (κ2) is 11.6. The van der Waals surface area contributed by atoms with Crippen LogP contribution in [-0.4, -0.2) is 46.7 Å². The summed E-state index contributed by atoms with van der Waals surface area (Å²) in [5.41, 5.74) is 1.30. The van der Waals surface area contributed by atoms with E-state index in [9.17, 15) is 15.0 Å². The maximum absolute atomic E-state index is 14.2. The quantitative estimate of drug-likeness (QED) is 0.237. The Morgan fingerprint density at radius 3 is 2.20 bits per heavy atom. The number of ketones is 1. The first-order valence-electron chi connectivity index (χ1n) is 14.7. The molecule has 0 spiro atoms. The summed E-state index contributed by atoms with van der Waals surface area (Å²) < 4.78 is 19.0. The first-order chi connectivity index (χ1) is 19.5. The molecule has 0 radical (unpaired) electrons. The molecule has 2 aromatic carbocycles. The second-order valence-corrected chi connectivity index (χ2v) is 12.9. The van der Waals surface area contributed by atoms with Crippen LogP contribution in [0.5, 0.6) is 0 Å². The molecule has 5 rings (SSSR count). The van der Waals surface area contributed by atoms with Gasteiger partial charge in [-0.15, -0.1) is 0 Å². The Bertz CT molecular complexity index is 1280. The third kappa shape index (κ3) is 5.37. The van der Waals surface area contributed by atoms with Crippen molar-refractivity contribution in [3.63, 3.8) is 0 Å². The number of hydrogen-bond acceptors (Lipinski definition) is 6. The monoisotopic (exact) mass is 560 g/mol. The first-order valence-corrected chi connectivity index (χ1v) is 14.7. The van der Waals surface area contributed by atoms with Crippen LogP contribution in [0.2, 0.25) is 0 Å². The van der Waals surface area contributed by atoms with Crippen LogP contribution in [0.15, 0.2) is 84.0 Å². The standard InChI is InChI=1S/C35H44O6/c1-23-16-17-35(38)32(40-21-26-14-10-7-11-15-26)31-24(2)27(36)18-29(41-22-39-20-25-12-8-6-9-13-25)34(31,5)19-28(37)30(23)33(35,3)4/h6-15,27,29,31-32,36,38H,2,16-22H2,1,3-5H3/t27-,29-,31-,32-,34+,35+/m0/s1. The zero-order chi connectivity index (χ0) is 29.4. The van der Waals surface area contributed by atoms with Gasteiger partial charge in [-0.25, -0.2) is 0 Å². The number of aliphatic hydroxyl groups is 2. The van der Waals surface area contributed by atoms with Crippen molar-refractivity contribution in [1.82, 2.24) is 0 Å². The number of fused-ring (bicyclic) bond motifs is 3. The van der Waals surface area contributed by atoms with E-state index < -0.39 is 40.7 Å². The summed E-state index contributed by atoms with van der Waals surface area (Å²) in [6, 6.07) is 19.7. The van der Waals surface area contributed by atoms with Gasteiger partial charge < -0.3 is 24.4 Å². The number of benzene rings is 2. The van der Waals surface area contributed by atoms with E-state index >= 15 is 0 Å². The van der Waals surface area contributed by atoms with Crippen LogP contribution in [0.1, 0.15) is 64.5 Å². The normalized spacial score (nSPS) is 33.2. The van der Waals surface area contributed by atoms with Gasteiger partial charge in [0.25, 0.3) is 0 Å². The molecule has 41 heavy (non-hydrogen) atoms. The highest BCUT2D eigenvalue weighted by atomic mass is 16.7. The Balaban J connectivity index is 1.52. The topological polar surface area (TPSA) is 85.2 Å². The lowest BCUT2D eigenvalue weighted by Gasteiger charge is -2.61. The van der Waals surface area contributed by atoms with Gasteiger partial charge >= 0.3 is 0 Å². The first kappa shape index (κ1) is 29.9. The van der Waals surface area contributed by atoms with Crippen molar-refractivity contribution in [2.24, 2.45) is 16.7 Å². The molecule has 0 amide bonds. The van der Waals surface area contributed by atoms with Crippen molar-refractivity contribution in [3.05, 3.63) is 95.1 Å². The van der Waals surface area contributed by atoms with Crippen molar-refractivity contribution < 1.29 is 29.2 Å². The average Bonchev–Trinajstić information content (AvgIpc) is 2.94. The molecule has 0 saturated heterocycles. The van der Waals surface area contributed by atoms with Crippen LogP contribution in [0.3, 0.4) is 0 Å². The van der Waals surface area contributed by atoms with Gasteiger partial charge in [0.15, 0.2) is 5.78 Å². The molecule has 3 aliphatic carbocycles. The number of hydrogen-bond donors (Lipinski definition) is 2. The molecule has 6 nitrogen and oxygen atoms in total. The molecule has 0 aliphatic heterocycles. The molecule has 6 atom stereocenters. The van der Waals surface area contributed by atoms with Crippen molar-refractivity contribution in [2.45, 2.75) is 90.5 Å². The van der Waals surface area contributed by atoms with Gasteiger partial charge in [-0.1, -0.05) is 93.6 Å². The molecule has 0 heterocycles. The van der Waals surface area contributed by atoms with Crippen LogP contribution in [0.4, 0.5) is 0 Å². The van der Waals surface area contributed by atoms with Gasteiger partial charge in [-0.3, -0.25) is 4.79 Å². The van der Waals surface area contributed by atoms with E-state index in [0.29, 0.717) is 37.0 Å². The maximum Gasteiger partial charge on any atom is 0.160 e. The van der Waals surface area contributed by atoms with Gasteiger partial charge in [0.2, 0.25) is 0 Å². The van der Waals surface area contributed by atoms with Crippen molar-refractivity contribution in [2.75, 3.05) is 6.79 Å². The minimum Gasteiger partial charge on any atom is -0.389 e. The third-order valence-corrected chi connectivity index (χ3v) is 10.1. The molecule has 2 bridgehead atoms. The largest absolute Gasteiger partial charge is 0.389 e. The zero-order valence-electron chi connectivity index (χ0n) is 24.8. The van der Waals surface area contributed by atoms with Crippen molar-refractivity contribution in [3.8, 4) is 0 Å². The molecule has 2 fully saturated rings. The van der Waals surface area contributed by atoms with Gasteiger partial charge in [-0.05, 0) is 36.5 Å². The minimum absolute atomic E-state index is 0.0162. The van der Waals surface area contributed by atoms with Gasteiger partial charge in [0, 0.05) is 35.2 Å². The number of carbonyl (C=O) groups is 1. The lowest BCUT2D eigenvalue weighted by Crippen LogP contribution is -2.67. The lowest BCUT2D eigenvalue weighted by molar-refractivity contribution is -0.233. The Morgan fingerprint density at radius 2 is 1.56 bits per heavy atom. The predicted molar refractivity (Wildman–Crippen MR) is 158 cm³/mol. The van der Waals surface area contributed by atoms with Crippen LogP contribution < -0.4 is 0 Å². The summed E-state index contributed by atoms with van der Waals surface area (Å²) in [6.07, 6.45) is -0.554. The Hall–Kier alpha value is -2.61. The van der Waals surface area contributed by atoms with Crippen LogP contribution in [0.25, 0.3) is 0 Å². The van der Waals surface area contributed by atoms with Gasteiger partial charge in [0.05, 0.1) is 31.5 Å². The highest BCUT2D eigenvalue weighted by Crippen LogP contribution is 2.60. The molecule has 2 aromatic rings. The Kier molecular flexibility index (Phi) is 8.44. The number of aliphatic hydroxyl groups excluding tert-OH is 1. The highest BCUT2D eigenvalue weighted by Gasteiger charge is 2.65. The van der Waals surface area contributed by atoms with E-state index in [2.05, 4.69) is 6.58 Å². The molecule has 6 heteroatoms. The molecule has 2 saturated carbocycles. The number of allylic oxidation sites excluding steroid dienone is 1. The number of rotatable bonds is 8. The lowest BCUT2D eigenvalue weighted by atomic mass is 9.48. The van der Waals surface area contributed by atoms with Gasteiger partial charge in [-0.2, -0.15) is 0 Å². The van der Waals surface area contributed by atoms with Crippen molar-refractivity contribution >= 4 is 5.78 Å². The third-order valence-electron chi connectivity index (χ3n) is 10.1. The smallest absolute Gasteiger partial charge is 0.160 e. The summed E-state index contributed by atoms with van der Waals surface area (Å²) in [6.45, 7) is 13.0. The average molecular weight is 561 g/mol. The molecular weight excluding hydrogens is 516 g/mol. The van der Waals surface area contributed by atoms with E-state index in [1.807, 2.05) is 88.4 Å². The number of Topliss-reactive ketones (excluding diaryl/α,β-unsaturated/α-hetero) is 1. The number of ether oxygens (including phenoxy) is 3. The Morgan fingerprint density at radius 1 is 0.951 bits per heavy atom. The molecule has 0 unspecified atom stereocenters. The van der Waals surface area contributed by atoms with E-state index in [-0.39, 0.29) is 25.6 Å². The van der Waals surface area contributed by atoms with E-state index in [1.165, 1.54) is 0 Å². The second-order valence-electron chi connectivity index (χ2n) is 12.9. The van der Waals surface area contributed by atoms with Crippen LogP contribution in [-0.2, 0) is 32.2 Å².